The monoisotopic (exact) mass is 382 g/mol. The molecule has 0 atom stereocenters. The van der Waals surface area contributed by atoms with Gasteiger partial charge in [0.25, 0.3) is 10.1 Å². The van der Waals surface area contributed by atoms with Crippen molar-refractivity contribution in [3.8, 4) is 11.5 Å². The number of ether oxygens (including phenoxy) is 2. The molecule has 2 aromatic carbocycles. The maximum Gasteiger partial charge on any atom is 0.264 e. The van der Waals surface area contributed by atoms with E-state index in [4.69, 9.17) is 14.0 Å². The molecule has 136 valence electrons. The van der Waals surface area contributed by atoms with Crippen LogP contribution in [0.5, 0.6) is 11.5 Å². The molecule has 0 aliphatic heterocycles. The minimum Gasteiger partial charge on any atom is -0.496 e. The zero-order valence-electron chi connectivity index (χ0n) is 14.4. The highest BCUT2D eigenvalue weighted by atomic mass is 32.2. The lowest BCUT2D eigenvalue weighted by Crippen LogP contribution is -2.18. The second-order valence-corrected chi connectivity index (χ2v) is 9.33. The van der Waals surface area contributed by atoms with Crippen LogP contribution >= 0.6 is 7.92 Å². The van der Waals surface area contributed by atoms with E-state index in [1.54, 1.807) is 14.2 Å². The Kier molecular flexibility index (Phi) is 7.24. The summed E-state index contributed by atoms with van der Waals surface area (Å²) in [7, 11) is -1.41. The molecule has 7 heteroatoms. The van der Waals surface area contributed by atoms with Crippen molar-refractivity contribution in [3.63, 3.8) is 0 Å². The molecule has 2 aromatic rings. The van der Waals surface area contributed by atoms with Crippen LogP contribution in [-0.4, -0.2) is 39.1 Å². The highest BCUT2D eigenvalue weighted by Gasteiger charge is 2.21. The Hall–Kier alpha value is -1.62. The van der Waals surface area contributed by atoms with Crippen molar-refractivity contribution in [2.45, 2.75) is 12.8 Å². The molecule has 0 amide bonds. The first-order valence-electron chi connectivity index (χ1n) is 7.95. The van der Waals surface area contributed by atoms with E-state index in [2.05, 4.69) is 0 Å². The van der Waals surface area contributed by atoms with Gasteiger partial charge in [-0.3, -0.25) is 4.55 Å². The van der Waals surface area contributed by atoms with Crippen LogP contribution in [0, 0.1) is 0 Å². The van der Waals surface area contributed by atoms with Gasteiger partial charge in [0.1, 0.15) is 11.5 Å². The highest BCUT2D eigenvalue weighted by Crippen LogP contribution is 2.40. The molecule has 0 unspecified atom stereocenters. The summed E-state index contributed by atoms with van der Waals surface area (Å²) in [5, 5.41) is 2.19. The van der Waals surface area contributed by atoms with Gasteiger partial charge in [0.2, 0.25) is 0 Å². The average Bonchev–Trinajstić information content (AvgIpc) is 2.61. The van der Waals surface area contributed by atoms with Crippen LogP contribution in [0.1, 0.15) is 12.8 Å². The number of hydrogen-bond donors (Lipinski definition) is 1. The molecule has 0 bridgehead atoms. The second kappa shape index (κ2) is 9.18. The summed E-state index contributed by atoms with van der Waals surface area (Å²) in [5.41, 5.74) is 0. The molecule has 2 rings (SSSR count). The predicted octanol–water partition coefficient (Wildman–Crippen LogP) is 2.80. The normalized spacial score (nSPS) is 11.5. The van der Waals surface area contributed by atoms with Gasteiger partial charge >= 0.3 is 0 Å². The van der Waals surface area contributed by atoms with Gasteiger partial charge in [-0.1, -0.05) is 36.4 Å². The molecule has 0 aliphatic rings. The van der Waals surface area contributed by atoms with E-state index in [-0.39, 0.29) is 5.75 Å². The molecule has 0 saturated carbocycles. The number of hydrogen-bond acceptors (Lipinski definition) is 4. The average molecular weight is 382 g/mol. The Balaban J connectivity index is 2.31. The first kappa shape index (κ1) is 19.7. The maximum atomic E-state index is 10.9. The largest absolute Gasteiger partial charge is 0.496 e. The van der Waals surface area contributed by atoms with E-state index < -0.39 is 18.0 Å². The van der Waals surface area contributed by atoms with Crippen LogP contribution in [0.4, 0.5) is 0 Å². The summed E-state index contributed by atoms with van der Waals surface area (Å²) in [6.45, 7) is 0. The Morgan fingerprint density at radius 3 is 1.80 bits per heavy atom. The van der Waals surface area contributed by atoms with Gasteiger partial charge in [0.05, 0.1) is 20.0 Å². The number of methoxy groups -OCH3 is 2. The molecular formula is C18H23O5PS. The lowest BCUT2D eigenvalue weighted by molar-refractivity contribution is 0.417. The number of unbranched alkanes of at least 4 members (excludes halogenated alkanes) is 1. The van der Waals surface area contributed by atoms with Crippen LogP contribution in [0.3, 0.4) is 0 Å². The quantitative estimate of drug-likeness (QED) is 0.410. The van der Waals surface area contributed by atoms with E-state index in [9.17, 15) is 8.42 Å². The van der Waals surface area contributed by atoms with E-state index in [1.807, 2.05) is 48.5 Å². The number of rotatable bonds is 9. The van der Waals surface area contributed by atoms with E-state index in [0.29, 0.717) is 12.8 Å². The fourth-order valence-corrected chi connectivity index (χ4v) is 5.88. The molecule has 0 spiro atoms. The molecule has 0 fully saturated rings. The van der Waals surface area contributed by atoms with Crippen LogP contribution < -0.4 is 20.1 Å². The van der Waals surface area contributed by atoms with E-state index >= 15 is 0 Å². The first-order valence-corrected chi connectivity index (χ1v) is 11.1. The van der Waals surface area contributed by atoms with Crippen molar-refractivity contribution < 1.29 is 22.4 Å². The van der Waals surface area contributed by atoms with Gasteiger partial charge in [-0.2, -0.15) is 8.42 Å². The third-order valence-corrected chi connectivity index (χ3v) is 7.26. The Labute approximate surface area is 150 Å². The lowest BCUT2D eigenvalue weighted by atomic mass is 10.3. The highest BCUT2D eigenvalue weighted by molar-refractivity contribution is 7.85. The van der Waals surface area contributed by atoms with Crippen LogP contribution in [0.15, 0.2) is 48.5 Å². The fraction of sp³-hybridized carbons (Fsp3) is 0.333. The summed E-state index contributed by atoms with van der Waals surface area (Å²) >= 11 is 0. The van der Waals surface area contributed by atoms with Crippen LogP contribution in [-0.2, 0) is 10.1 Å². The van der Waals surface area contributed by atoms with Crippen molar-refractivity contribution in [1.29, 1.82) is 0 Å². The summed E-state index contributed by atoms with van der Waals surface area (Å²) in [6.07, 6.45) is 1.88. The van der Waals surface area contributed by atoms with Crippen LogP contribution in [0.25, 0.3) is 0 Å². The van der Waals surface area contributed by atoms with Gasteiger partial charge in [0, 0.05) is 10.6 Å². The minimum absolute atomic E-state index is 0.214. The van der Waals surface area contributed by atoms with Crippen molar-refractivity contribution >= 4 is 28.6 Å². The van der Waals surface area contributed by atoms with Crippen LogP contribution in [0.2, 0.25) is 0 Å². The molecule has 1 N–H and O–H groups in total. The lowest BCUT2D eigenvalue weighted by Gasteiger charge is -2.22. The van der Waals surface area contributed by atoms with Gasteiger partial charge in [-0.05, 0) is 39.1 Å². The van der Waals surface area contributed by atoms with Crippen molar-refractivity contribution in [2.24, 2.45) is 0 Å². The van der Waals surface area contributed by atoms with Gasteiger partial charge in [-0.15, -0.1) is 0 Å². The van der Waals surface area contributed by atoms with E-state index in [1.165, 1.54) is 0 Å². The van der Waals surface area contributed by atoms with Crippen molar-refractivity contribution in [3.05, 3.63) is 48.5 Å². The second-order valence-electron chi connectivity index (χ2n) is 5.49. The SMILES string of the molecule is COc1ccccc1P(CCCCS(=O)(=O)O)c1ccccc1OC. The molecule has 5 nitrogen and oxygen atoms in total. The third kappa shape index (κ3) is 5.70. The number of benzene rings is 2. The van der Waals surface area contributed by atoms with Gasteiger partial charge in [-0.25, -0.2) is 0 Å². The molecule has 25 heavy (non-hydrogen) atoms. The molecule has 0 saturated heterocycles. The Bertz CT molecular complexity index is 744. The van der Waals surface area contributed by atoms with Crippen molar-refractivity contribution in [1.82, 2.24) is 0 Å². The molecule has 0 aliphatic carbocycles. The summed E-state index contributed by atoms with van der Waals surface area (Å²) in [6, 6.07) is 15.7. The maximum absolute atomic E-state index is 10.9. The smallest absolute Gasteiger partial charge is 0.264 e. The molecular weight excluding hydrogens is 359 g/mol. The Morgan fingerprint density at radius 1 is 0.880 bits per heavy atom. The summed E-state index contributed by atoms with van der Waals surface area (Å²) in [5.74, 6) is 1.41. The summed E-state index contributed by atoms with van der Waals surface area (Å²) < 4.78 is 41.8. The van der Waals surface area contributed by atoms with E-state index in [0.717, 1.165) is 28.3 Å². The standard InChI is InChI=1S/C18H23O5PS/c1-22-15-9-3-5-11-17(15)24(13-7-8-14-25(19,20)21)18-12-6-4-10-16(18)23-2/h3-6,9-12H,7-8,13-14H2,1-2H3,(H,19,20,21). The third-order valence-electron chi connectivity index (χ3n) is 3.79. The summed E-state index contributed by atoms with van der Waals surface area (Å²) in [4.78, 5) is 0. The van der Waals surface area contributed by atoms with Gasteiger partial charge < -0.3 is 9.47 Å². The molecule has 0 radical (unpaired) electrons. The van der Waals surface area contributed by atoms with Gasteiger partial charge in [0.15, 0.2) is 0 Å². The number of para-hydroxylation sites is 2. The fourth-order valence-electron chi connectivity index (χ4n) is 2.63. The Morgan fingerprint density at radius 2 is 1.36 bits per heavy atom. The van der Waals surface area contributed by atoms with Crippen molar-refractivity contribution in [2.75, 3.05) is 26.1 Å². The zero-order chi connectivity index (χ0) is 18.3. The predicted molar refractivity (Wildman–Crippen MR) is 103 cm³/mol. The molecule has 0 aromatic heterocycles. The zero-order valence-corrected chi connectivity index (χ0v) is 16.1. The topological polar surface area (TPSA) is 72.8 Å². The molecule has 0 heterocycles. The first-order chi connectivity index (χ1) is 12.0. The minimum atomic E-state index is -3.92.